The van der Waals surface area contributed by atoms with Gasteiger partial charge in [0, 0.05) is 6.54 Å². The molecule has 11 nitrogen and oxygen atoms in total. The Balaban J connectivity index is 0.000000302. The minimum Gasteiger partial charge on any atom is -0.438 e. The number of hydrogen-bond donors (Lipinski definition) is 2. The standard InChI is InChI=1S/C15H18N6O2.C10H20O3/c1-3-5-10-19-13(16)12-14(20-10)21(8-18-12)11-7-6-9(23-11)15(22)17-4-2;1-4-5-6-7-9(2)8-13-10(11)12-3/h8-9,11H,4,6-7H2,1-2H3,(H,17,22)(H2,16,19,20);9H,4-8H2,1-3H3. The molecule has 0 saturated carbocycles. The van der Waals surface area contributed by atoms with Crippen molar-refractivity contribution < 1.29 is 23.8 Å². The summed E-state index contributed by atoms with van der Waals surface area (Å²) in [6.45, 7) is 8.90. The number of carbonyl (C=O) groups is 2. The second kappa shape index (κ2) is 14.9. The van der Waals surface area contributed by atoms with Crippen LogP contribution >= 0.6 is 0 Å². The number of unbranched alkanes of at least 4 members (excludes halogenated alkanes) is 2. The molecule has 11 heteroatoms. The fraction of sp³-hybridized carbons (Fsp3) is 0.640. The smallest absolute Gasteiger partial charge is 0.438 e. The first-order valence-corrected chi connectivity index (χ1v) is 12.4. The lowest BCUT2D eigenvalue weighted by atomic mass is 10.0. The van der Waals surface area contributed by atoms with Gasteiger partial charge in [0.05, 0.1) is 20.0 Å². The van der Waals surface area contributed by atoms with Crippen molar-refractivity contribution >= 4 is 29.0 Å². The second-order valence-electron chi connectivity index (χ2n) is 8.55. The van der Waals surface area contributed by atoms with E-state index in [9.17, 15) is 9.59 Å². The minimum atomic E-state index is -0.581. The van der Waals surface area contributed by atoms with Crippen LogP contribution in [0.25, 0.3) is 11.2 Å². The van der Waals surface area contributed by atoms with E-state index in [1.165, 1.54) is 26.4 Å². The molecule has 0 aromatic carbocycles. The highest BCUT2D eigenvalue weighted by Gasteiger charge is 2.32. The zero-order valence-corrected chi connectivity index (χ0v) is 21.9. The van der Waals surface area contributed by atoms with Crippen molar-refractivity contribution in [3.05, 3.63) is 12.2 Å². The Kier molecular flexibility index (Phi) is 11.9. The first-order chi connectivity index (χ1) is 17.3. The number of nitrogen functional groups attached to an aromatic ring is 1. The largest absolute Gasteiger partial charge is 0.507 e. The van der Waals surface area contributed by atoms with E-state index in [1.54, 1.807) is 17.8 Å². The van der Waals surface area contributed by atoms with Crippen LogP contribution in [0.5, 0.6) is 0 Å². The first-order valence-electron chi connectivity index (χ1n) is 12.4. The van der Waals surface area contributed by atoms with Crippen LogP contribution < -0.4 is 11.1 Å². The van der Waals surface area contributed by atoms with Gasteiger partial charge in [-0.3, -0.25) is 9.36 Å². The molecular weight excluding hydrogens is 464 g/mol. The molecule has 2 aromatic rings. The van der Waals surface area contributed by atoms with Crippen LogP contribution in [-0.2, 0) is 19.0 Å². The van der Waals surface area contributed by atoms with Gasteiger partial charge in [-0.1, -0.05) is 39.0 Å². The fourth-order valence-electron chi connectivity index (χ4n) is 3.72. The molecule has 1 fully saturated rings. The number of fused-ring (bicyclic) bond motifs is 1. The Morgan fingerprint density at radius 3 is 2.75 bits per heavy atom. The molecule has 0 aliphatic carbocycles. The number of likely N-dealkylation sites (N-methyl/N-ethyl adjacent to an activating group) is 1. The maximum absolute atomic E-state index is 11.9. The molecule has 2 aromatic heterocycles. The van der Waals surface area contributed by atoms with Crippen LogP contribution in [0.1, 0.15) is 78.3 Å². The minimum absolute atomic E-state index is 0.0916. The number of anilines is 1. The van der Waals surface area contributed by atoms with E-state index in [0.717, 1.165) is 6.42 Å². The number of nitrogens with zero attached hydrogens (tertiary/aromatic N) is 4. The summed E-state index contributed by atoms with van der Waals surface area (Å²) in [7, 11) is 1.32. The lowest BCUT2D eigenvalue weighted by Crippen LogP contribution is -2.34. The average Bonchev–Trinajstić information content (AvgIpc) is 3.51. The van der Waals surface area contributed by atoms with Crippen LogP contribution in [0.15, 0.2) is 6.33 Å². The Morgan fingerprint density at radius 2 is 2.08 bits per heavy atom. The van der Waals surface area contributed by atoms with E-state index >= 15 is 0 Å². The molecule has 198 valence electrons. The van der Waals surface area contributed by atoms with Crippen molar-refractivity contribution in [2.75, 3.05) is 26.0 Å². The van der Waals surface area contributed by atoms with Gasteiger partial charge in [0.2, 0.25) is 11.7 Å². The second-order valence-corrected chi connectivity index (χ2v) is 8.55. The third-order valence-electron chi connectivity index (χ3n) is 5.59. The van der Waals surface area contributed by atoms with E-state index in [-0.39, 0.29) is 18.0 Å². The Bertz CT molecular complexity index is 1060. The van der Waals surface area contributed by atoms with Gasteiger partial charge in [-0.25, -0.2) is 19.7 Å². The predicted molar refractivity (Wildman–Crippen MR) is 136 cm³/mol. The highest BCUT2D eigenvalue weighted by Crippen LogP contribution is 2.31. The van der Waals surface area contributed by atoms with Crippen LogP contribution in [0.3, 0.4) is 0 Å². The summed E-state index contributed by atoms with van der Waals surface area (Å²) in [6.07, 6.45) is 6.44. The quantitative estimate of drug-likeness (QED) is 0.299. The number of methoxy groups -OCH3 is 1. The molecule has 3 atom stereocenters. The van der Waals surface area contributed by atoms with Crippen LogP contribution in [0, 0.1) is 17.8 Å². The molecule has 3 heterocycles. The molecule has 3 unspecified atom stereocenters. The molecule has 0 radical (unpaired) electrons. The number of aromatic nitrogens is 4. The van der Waals surface area contributed by atoms with E-state index < -0.39 is 12.3 Å². The molecule has 0 bridgehead atoms. The topological polar surface area (TPSA) is 143 Å². The lowest BCUT2D eigenvalue weighted by molar-refractivity contribution is -0.133. The maximum Gasteiger partial charge on any atom is 0.507 e. The highest BCUT2D eigenvalue weighted by molar-refractivity contribution is 5.82. The average molecular weight is 503 g/mol. The summed E-state index contributed by atoms with van der Waals surface area (Å²) in [5, 5.41) is 2.77. The normalized spacial score (nSPS) is 17.4. The number of nitrogens with two attached hydrogens (primary N) is 1. The van der Waals surface area contributed by atoms with Gasteiger partial charge in [-0.2, -0.15) is 0 Å². The monoisotopic (exact) mass is 502 g/mol. The van der Waals surface area contributed by atoms with Gasteiger partial charge in [-0.05, 0) is 44.9 Å². The summed E-state index contributed by atoms with van der Waals surface area (Å²) in [4.78, 5) is 35.3. The molecule has 36 heavy (non-hydrogen) atoms. The summed E-state index contributed by atoms with van der Waals surface area (Å²) < 4.78 is 16.8. The van der Waals surface area contributed by atoms with Crippen LogP contribution in [0.4, 0.5) is 10.6 Å². The van der Waals surface area contributed by atoms with Gasteiger partial charge < -0.3 is 25.3 Å². The Hall–Kier alpha value is -3.39. The van der Waals surface area contributed by atoms with Crippen molar-refractivity contribution in [3.8, 4) is 11.8 Å². The van der Waals surface area contributed by atoms with Gasteiger partial charge in [-0.15, -0.1) is 0 Å². The Morgan fingerprint density at radius 1 is 1.31 bits per heavy atom. The number of nitrogens with one attached hydrogen (secondary N) is 1. The van der Waals surface area contributed by atoms with Crippen LogP contribution in [-0.4, -0.2) is 57.9 Å². The molecule has 1 saturated heterocycles. The number of carbonyl (C=O) groups excluding carboxylic acids is 2. The zero-order chi connectivity index (χ0) is 26.5. The predicted octanol–water partition coefficient (Wildman–Crippen LogP) is 3.58. The van der Waals surface area contributed by atoms with Gasteiger partial charge >= 0.3 is 6.16 Å². The van der Waals surface area contributed by atoms with Gasteiger partial charge in [0.1, 0.15) is 17.8 Å². The van der Waals surface area contributed by atoms with Gasteiger partial charge in [0.15, 0.2) is 11.5 Å². The third-order valence-corrected chi connectivity index (χ3v) is 5.59. The van der Waals surface area contributed by atoms with Crippen molar-refractivity contribution in [1.82, 2.24) is 24.8 Å². The summed E-state index contributed by atoms with van der Waals surface area (Å²) in [6, 6.07) is 0. The maximum atomic E-state index is 11.9. The van der Waals surface area contributed by atoms with Crippen LogP contribution in [0.2, 0.25) is 0 Å². The summed E-state index contributed by atoms with van der Waals surface area (Å²) in [5.74, 6) is 6.51. The molecule has 1 aliphatic heterocycles. The van der Waals surface area contributed by atoms with Crippen molar-refractivity contribution in [3.63, 3.8) is 0 Å². The zero-order valence-electron chi connectivity index (χ0n) is 21.9. The SMILES string of the molecule is CC#Cc1nc(N)c2ncn(C3CCC(C(=O)NCC)O3)c2n1.CCCCCC(C)COC(=O)OC. The number of ether oxygens (including phenoxy) is 3. The third kappa shape index (κ3) is 8.37. The molecule has 3 N–H and O–H groups in total. The van der Waals surface area contributed by atoms with E-state index in [0.29, 0.717) is 48.9 Å². The molecule has 1 amide bonds. The van der Waals surface area contributed by atoms with E-state index in [1.807, 2.05) is 6.92 Å². The number of imidazole rings is 1. The van der Waals surface area contributed by atoms with E-state index in [4.69, 9.17) is 15.2 Å². The molecule has 0 spiro atoms. The van der Waals surface area contributed by atoms with Gasteiger partial charge in [0.25, 0.3) is 0 Å². The summed E-state index contributed by atoms with van der Waals surface area (Å²) >= 11 is 0. The fourth-order valence-corrected chi connectivity index (χ4v) is 3.72. The first kappa shape index (κ1) is 28.8. The highest BCUT2D eigenvalue weighted by atomic mass is 16.7. The van der Waals surface area contributed by atoms with Crippen molar-refractivity contribution in [2.45, 2.75) is 78.6 Å². The van der Waals surface area contributed by atoms with E-state index in [2.05, 4.69) is 50.7 Å². The Labute approximate surface area is 212 Å². The van der Waals surface area contributed by atoms with Crippen molar-refractivity contribution in [1.29, 1.82) is 0 Å². The van der Waals surface area contributed by atoms with Crippen molar-refractivity contribution in [2.24, 2.45) is 5.92 Å². The molecular formula is C25H38N6O5. The number of rotatable bonds is 9. The summed E-state index contributed by atoms with van der Waals surface area (Å²) in [5.41, 5.74) is 6.99. The molecule has 1 aliphatic rings. The number of amides is 1. The molecule has 3 rings (SSSR count). The lowest BCUT2D eigenvalue weighted by Gasteiger charge is -2.14. The number of hydrogen-bond acceptors (Lipinski definition) is 9.